The summed E-state index contributed by atoms with van der Waals surface area (Å²) >= 11 is 0. The Morgan fingerprint density at radius 2 is 1.81 bits per heavy atom. The smallest absolute Gasteiger partial charge is 0.0442 e. The molecule has 0 fully saturated rings. The summed E-state index contributed by atoms with van der Waals surface area (Å²) in [7, 11) is 0. The fourth-order valence-corrected chi connectivity index (χ4v) is 2.60. The minimum atomic E-state index is 0.895. The fraction of sp³-hybridized carbons (Fsp3) is 0.706. The molecule has 0 saturated heterocycles. The first-order chi connectivity index (χ1) is 10.3. The number of pyridine rings is 1. The Labute approximate surface area is 130 Å². The van der Waals surface area contributed by atoms with Crippen LogP contribution < -0.4 is 10.2 Å². The van der Waals surface area contributed by atoms with E-state index in [0.29, 0.717) is 0 Å². The molecular formula is C17H32N4. The molecule has 0 bridgehead atoms. The topological polar surface area (TPSA) is 31.4 Å². The van der Waals surface area contributed by atoms with Gasteiger partial charge in [-0.15, -0.1) is 0 Å². The van der Waals surface area contributed by atoms with E-state index in [1.54, 1.807) is 0 Å². The maximum absolute atomic E-state index is 4.28. The van der Waals surface area contributed by atoms with Crippen molar-refractivity contribution in [3.63, 3.8) is 0 Å². The first kappa shape index (κ1) is 17.9. The summed E-state index contributed by atoms with van der Waals surface area (Å²) < 4.78 is 0. The Kier molecular flexibility index (Phi) is 9.02. The number of rotatable bonds is 11. The van der Waals surface area contributed by atoms with Crippen LogP contribution >= 0.6 is 0 Å². The molecule has 1 rings (SSSR count). The van der Waals surface area contributed by atoms with Crippen molar-refractivity contribution in [2.45, 2.75) is 40.7 Å². The Morgan fingerprint density at radius 1 is 1.05 bits per heavy atom. The highest BCUT2D eigenvalue weighted by Gasteiger charge is 2.10. The van der Waals surface area contributed by atoms with Crippen molar-refractivity contribution in [1.82, 2.24) is 15.2 Å². The Morgan fingerprint density at radius 3 is 2.43 bits per heavy atom. The maximum atomic E-state index is 4.28. The van der Waals surface area contributed by atoms with Crippen LogP contribution in [0.3, 0.4) is 0 Å². The first-order valence-corrected chi connectivity index (χ1v) is 8.37. The summed E-state index contributed by atoms with van der Waals surface area (Å²) in [6, 6.07) is 2.15. The molecule has 1 heterocycles. The van der Waals surface area contributed by atoms with Gasteiger partial charge in [0.05, 0.1) is 0 Å². The van der Waals surface area contributed by atoms with E-state index >= 15 is 0 Å². The molecule has 0 spiro atoms. The normalized spacial score (nSPS) is 11.1. The standard InChI is InChI=1S/C17H32N4/c1-5-18-14-16-15-19-11-10-17(16)21(8-4)13-9-12-20(6-2)7-3/h10-11,15,18H,5-9,12-14H2,1-4H3. The molecule has 1 aromatic heterocycles. The van der Waals surface area contributed by atoms with Crippen LogP contribution in [0.15, 0.2) is 18.5 Å². The molecule has 0 amide bonds. The third-order valence-electron chi connectivity index (χ3n) is 3.96. The Balaban J connectivity index is 2.62. The van der Waals surface area contributed by atoms with Crippen LogP contribution in [0, 0.1) is 0 Å². The summed E-state index contributed by atoms with van der Waals surface area (Å²) in [5.41, 5.74) is 2.62. The van der Waals surface area contributed by atoms with Crippen molar-refractivity contribution in [2.24, 2.45) is 0 Å². The van der Waals surface area contributed by atoms with Crippen LogP contribution in [0.25, 0.3) is 0 Å². The average Bonchev–Trinajstić information content (AvgIpc) is 2.54. The molecular weight excluding hydrogens is 260 g/mol. The van der Waals surface area contributed by atoms with Gasteiger partial charge in [0.25, 0.3) is 0 Å². The van der Waals surface area contributed by atoms with Gasteiger partial charge in [-0.05, 0) is 45.6 Å². The number of anilines is 1. The molecule has 21 heavy (non-hydrogen) atoms. The molecule has 0 saturated carbocycles. The van der Waals surface area contributed by atoms with Gasteiger partial charge in [0.15, 0.2) is 0 Å². The molecule has 4 heteroatoms. The largest absolute Gasteiger partial charge is 0.371 e. The van der Waals surface area contributed by atoms with E-state index in [2.05, 4.69) is 53.9 Å². The van der Waals surface area contributed by atoms with E-state index in [4.69, 9.17) is 0 Å². The second kappa shape index (κ2) is 10.6. The summed E-state index contributed by atoms with van der Waals surface area (Å²) in [6.45, 7) is 16.3. The van der Waals surface area contributed by atoms with Gasteiger partial charge in [0, 0.05) is 43.3 Å². The van der Waals surface area contributed by atoms with Gasteiger partial charge >= 0.3 is 0 Å². The number of hydrogen-bond donors (Lipinski definition) is 1. The molecule has 0 radical (unpaired) electrons. The van der Waals surface area contributed by atoms with E-state index in [-0.39, 0.29) is 0 Å². The van der Waals surface area contributed by atoms with Gasteiger partial charge in [0.2, 0.25) is 0 Å². The maximum Gasteiger partial charge on any atom is 0.0442 e. The summed E-state index contributed by atoms with van der Waals surface area (Å²) in [5, 5.41) is 3.40. The third-order valence-corrected chi connectivity index (χ3v) is 3.96. The van der Waals surface area contributed by atoms with Crippen molar-refractivity contribution in [2.75, 3.05) is 44.2 Å². The lowest BCUT2D eigenvalue weighted by molar-refractivity contribution is 0.300. The number of aromatic nitrogens is 1. The highest BCUT2D eigenvalue weighted by atomic mass is 15.1. The van der Waals surface area contributed by atoms with E-state index in [1.807, 2.05) is 12.4 Å². The van der Waals surface area contributed by atoms with Crippen LogP contribution in [0.2, 0.25) is 0 Å². The fourth-order valence-electron chi connectivity index (χ4n) is 2.60. The van der Waals surface area contributed by atoms with E-state index in [1.165, 1.54) is 24.2 Å². The molecule has 0 aliphatic carbocycles. The van der Waals surface area contributed by atoms with Crippen molar-refractivity contribution < 1.29 is 0 Å². The number of nitrogens with zero attached hydrogens (tertiary/aromatic N) is 3. The van der Waals surface area contributed by atoms with Gasteiger partial charge < -0.3 is 15.1 Å². The van der Waals surface area contributed by atoms with E-state index in [0.717, 1.165) is 39.3 Å². The zero-order valence-electron chi connectivity index (χ0n) is 14.2. The van der Waals surface area contributed by atoms with Crippen LogP contribution in [0.4, 0.5) is 5.69 Å². The molecule has 120 valence electrons. The molecule has 0 atom stereocenters. The molecule has 0 aliphatic heterocycles. The monoisotopic (exact) mass is 292 g/mol. The third kappa shape index (κ3) is 6.02. The number of hydrogen-bond acceptors (Lipinski definition) is 4. The van der Waals surface area contributed by atoms with E-state index in [9.17, 15) is 0 Å². The molecule has 1 N–H and O–H groups in total. The van der Waals surface area contributed by atoms with Gasteiger partial charge in [-0.1, -0.05) is 20.8 Å². The molecule has 1 aromatic rings. The summed E-state index contributed by atoms with van der Waals surface area (Å²) in [4.78, 5) is 9.23. The van der Waals surface area contributed by atoms with Crippen molar-refractivity contribution in [1.29, 1.82) is 0 Å². The Bertz CT molecular complexity index is 377. The second-order valence-corrected chi connectivity index (χ2v) is 5.24. The highest BCUT2D eigenvalue weighted by Crippen LogP contribution is 2.19. The lowest BCUT2D eigenvalue weighted by Crippen LogP contribution is -2.31. The summed E-state index contributed by atoms with van der Waals surface area (Å²) in [5.74, 6) is 0. The molecule has 0 aliphatic rings. The van der Waals surface area contributed by atoms with Crippen molar-refractivity contribution >= 4 is 5.69 Å². The van der Waals surface area contributed by atoms with E-state index < -0.39 is 0 Å². The summed E-state index contributed by atoms with van der Waals surface area (Å²) in [6.07, 6.45) is 5.10. The SMILES string of the molecule is CCNCc1cnccc1N(CC)CCCN(CC)CC. The predicted octanol–water partition coefficient (Wildman–Crippen LogP) is 2.75. The minimum Gasteiger partial charge on any atom is -0.371 e. The number of nitrogens with one attached hydrogen (secondary N) is 1. The average molecular weight is 292 g/mol. The van der Waals surface area contributed by atoms with Gasteiger partial charge in [-0.2, -0.15) is 0 Å². The predicted molar refractivity (Wildman–Crippen MR) is 91.9 cm³/mol. The van der Waals surface area contributed by atoms with Crippen LogP contribution in [-0.2, 0) is 6.54 Å². The van der Waals surface area contributed by atoms with Crippen LogP contribution in [-0.4, -0.2) is 49.2 Å². The zero-order chi connectivity index (χ0) is 15.5. The van der Waals surface area contributed by atoms with Crippen molar-refractivity contribution in [3.05, 3.63) is 24.0 Å². The van der Waals surface area contributed by atoms with Gasteiger partial charge in [-0.3, -0.25) is 4.98 Å². The second-order valence-electron chi connectivity index (χ2n) is 5.24. The molecule has 0 aromatic carbocycles. The zero-order valence-corrected chi connectivity index (χ0v) is 14.2. The highest BCUT2D eigenvalue weighted by molar-refractivity contribution is 5.52. The van der Waals surface area contributed by atoms with Gasteiger partial charge in [-0.25, -0.2) is 0 Å². The molecule has 0 unspecified atom stereocenters. The van der Waals surface area contributed by atoms with Crippen LogP contribution in [0.1, 0.15) is 39.7 Å². The van der Waals surface area contributed by atoms with Crippen molar-refractivity contribution in [3.8, 4) is 0 Å². The van der Waals surface area contributed by atoms with Crippen LogP contribution in [0.5, 0.6) is 0 Å². The molecule has 4 nitrogen and oxygen atoms in total. The quantitative estimate of drug-likeness (QED) is 0.679. The Hall–Kier alpha value is -1.13. The lowest BCUT2D eigenvalue weighted by atomic mass is 10.2. The lowest BCUT2D eigenvalue weighted by Gasteiger charge is -2.27. The first-order valence-electron chi connectivity index (χ1n) is 8.37. The minimum absolute atomic E-state index is 0.895. The van der Waals surface area contributed by atoms with Gasteiger partial charge in [0.1, 0.15) is 0 Å².